The van der Waals surface area contributed by atoms with Crippen molar-refractivity contribution >= 4 is 33.3 Å². The number of thioether (sulfide) groups is 1. The molecule has 0 aliphatic heterocycles. The molecule has 1 aliphatic carbocycles. The van der Waals surface area contributed by atoms with E-state index in [-0.39, 0.29) is 5.56 Å². The molecule has 0 aromatic carbocycles. The molecule has 126 valence electrons. The number of rotatable bonds is 6. The maximum Gasteiger partial charge on any atom is 0.263 e. The summed E-state index contributed by atoms with van der Waals surface area (Å²) < 4.78 is 1.74. The number of nitrogens with zero attached hydrogens (tertiary/aromatic N) is 3. The van der Waals surface area contributed by atoms with Crippen molar-refractivity contribution in [2.45, 2.75) is 56.6 Å². The lowest BCUT2D eigenvalue weighted by Crippen LogP contribution is -2.23. The lowest BCUT2D eigenvalue weighted by molar-refractivity contribution is 0.671. The first-order valence-electron chi connectivity index (χ1n) is 8.42. The van der Waals surface area contributed by atoms with Crippen LogP contribution in [0.1, 0.15) is 42.5 Å². The minimum absolute atomic E-state index is 0.0714. The monoisotopic (exact) mass is 359 g/mol. The highest BCUT2D eigenvalue weighted by Gasteiger charge is 2.21. The smallest absolute Gasteiger partial charge is 0.263 e. The topological polar surface area (TPSA) is 58.7 Å². The highest BCUT2D eigenvalue weighted by atomic mass is 32.2. The second kappa shape index (κ2) is 8.00. The summed E-state index contributed by atoms with van der Waals surface area (Å²) in [6.07, 6.45) is 8.76. The van der Waals surface area contributed by atoms with E-state index >= 15 is 0 Å². The van der Waals surface area contributed by atoms with Crippen molar-refractivity contribution in [2.24, 2.45) is 0 Å². The Hall–Kier alpha value is -1.58. The Labute approximate surface area is 150 Å². The van der Waals surface area contributed by atoms with Crippen LogP contribution in [0, 0.1) is 11.3 Å². The Kier molecular flexibility index (Phi) is 5.75. The zero-order valence-corrected chi connectivity index (χ0v) is 15.3. The lowest BCUT2D eigenvalue weighted by Gasteiger charge is -2.10. The van der Waals surface area contributed by atoms with Crippen molar-refractivity contribution in [3.05, 3.63) is 33.4 Å². The van der Waals surface area contributed by atoms with Crippen LogP contribution in [-0.4, -0.2) is 15.3 Å². The van der Waals surface area contributed by atoms with Gasteiger partial charge in [-0.05, 0) is 37.7 Å². The molecular formula is C18H21N3OS2. The maximum atomic E-state index is 13.1. The minimum Gasteiger partial charge on any atom is -0.283 e. The average molecular weight is 360 g/mol. The molecule has 0 saturated carbocycles. The van der Waals surface area contributed by atoms with Gasteiger partial charge >= 0.3 is 0 Å². The third-order valence-electron chi connectivity index (χ3n) is 4.27. The Morgan fingerprint density at radius 2 is 2.21 bits per heavy atom. The summed E-state index contributed by atoms with van der Waals surface area (Å²) in [5.41, 5.74) is 1.31. The van der Waals surface area contributed by atoms with Crippen LogP contribution in [0.3, 0.4) is 0 Å². The van der Waals surface area contributed by atoms with Gasteiger partial charge < -0.3 is 0 Å². The Bertz CT molecular complexity index is 845. The van der Waals surface area contributed by atoms with Crippen molar-refractivity contribution < 1.29 is 0 Å². The first kappa shape index (κ1) is 17.2. The van der Waals surface area contributed by atoms with Crippen molar-refractivity contribution in [3.8, 4) is 6.07 Å². The number of nitriles is 1. The van der Waals surface area contributed by atoms with E-state index in [1.54, 1.807) is 33.7 Å². The number of hydrogen-bond acceptors (Lipinski definition) is 5. The van der Waals surface area contributed by atoms with Gasteiger partial charge in [-0.2, -0.15) is 5.26 Å². The summed E-state index contributed by atoms with van der Waals surface area (Å²) in [6.45, 7) is 4.26. The van der Waals surface area contributed by atoms with Crippen LogP contribution in [0.15, 0.2) is 22.6 Å². The number of thiophene rings is 1. The molecule has 0 fully saturated rings. The van der Waals surface area contributed by atoms with E-state index in [1.807, 2.05) is 0 Å². The van der Waals surface area contributed by atoms with E-state index in [1.165, 1.54) is 23.3 Å². The van der Waals surface area contributed by atoms with Crippen molar-refractivity contribution in [2.75, 3.05) is 5.75 Å². The van der Waals surface area contributed by atoms with Gasteiger partial charge in [-0.1, -0.05) is 24.3 Å². The van der Waals surface area contributed by atoms with Crippen molar-refractivity contribution in [3.63, 3.8) is 0 Å². The molecular weight excluding hydrogens is 338 g/mol. The number of unbranched alkanes of at least 4 members (excludes halogenated alkanes) is 1. The molecule has 0 saturated heterocycles. The summed E-state index contributed by atoms with van der Waals surface area (Å²) in [6, 6.07) is 2.16. The molecule has 2 aromatic heterocycles. The molecule has 1 aliphatic rings. The molecule has 0 spiro atoms. The molecule has 0 radical (unpaired) electrons. The molecule has 4 nitrogen and oxygen atoms in total. The van der Waals surface area contributed by atoms with Crippen LogP contribution in [0.5, 0.6) is 0 Å². The first-order valence-corrected chi connectivity index (χ1v) is 10.2. The van der Waals surface area contributed by atoms with E-state index in [0.29, 0.717) is 13.0 Å². The molecule has 0 unspecified atom stereocenters. The third-order valence-corrected chi connectivity index (χ3v) is 6.51. The Balaban J connectivity index is 2.05. The van der Waals surface area contributed by atoms with Crippen LogP contribution >= 0.6 is 23.1 Å². The standard InChI is InChI=1S/C18H21N3OS2/c1-2-11-21-17(22)15-13-8-4-3-5-9-14(13)24-16(15)20-18(21)23-12-7-6-10-19/h2H,1,3-9,11-12H2. The molecule has 24 heavy (non-hydrogen) atoms. The second-order valence-corrected chi connectivity index (χ2v) is 8.10. The quantitative estimate of drug-likeness (QED) is 0.253. The highest BCUT2D eigenvalue weighted by molar-refractivity contribution is 7.99. The van der Waals surface area contributed by atoms with E-state index in [9.17, 15) is 4.79 Å². The fourth-order valence-corrected chi connectivity index (χ4v) is 5.36. The fourth-order valence-electron chi connectivity index (χ4n) is 3.11. The number of aryl methyl sites for hydroxylation is 2. The summed E-state index contributed by atoms with van der Waals surface area (Å²) in [5, 5.41) is 10.2. The third kappa shape index (κ3) is 3.42. The molecule has 0 bridgehead atoms. The van der Waals surface area contributed by atoms with Gasteiger partial charge in [0.1, 0.15) is 4.83 Å². The average Bonchev–Trinajstić information content (AvgIpc) is 2.76. The van der Waals surface area contributed by atoms with Gasteiger partial charge in [0, 0.05) is 23.6 Å². The van der Waals surface area contributed by atoms with E-state index < -0.39 is 0 Å². The van der Waals surface area contributed by atoms with Crippen LogP contribution in [0.2, 0.25) is 0 Å². The van der Waals surface area contributed by atoms with E-state index in [4.69, 9.17) is 10.2 Å². The molecule has 6 heteroatoms. The van der Waals surface area contributed by atoms with Crippen LogP contribution in [0.25, 0.3) is 10.2 Å². The van der Waals surface area contributed by atoms with Gasteiger partial charge in [0.05, 0.1) is 11.5 Å². The predicted octanol–water partition coefficient (Wildman–Crippen LogP) is 4.31. The number of allylic oxidation sites excluding steroid dienone is 1. The molecule has 0 atom stereocenters. The zero-order chi connectivity index (χ0) is 16.9. The molecule has 3 rings (SSSR count). The van der Waals surface area contributed by atoms with Gasteiger partial charge in [-0.25, -0.2) is 4.98 Å². The van der Waals surface area contributed by atoms with Crippen molar-refractivity contribution in [1.29, 1.82) is 5.26 Å². The molecule has 2 heterocycles. The largest absolute Gasteiger partial charge is 0.283 e. The lowest BCUT2D eigenvalue weighted by atomic mass is 10.1. The summed E-state index contributed by atoms with van der Waals surface area (Å²) in [5.74, 6) is 0.799. The highest BCUT2D eigenvalue weighted by Crippen LogP contribution is 2.34. The minimum atomic E-state index is 0.0714. The summed E-state index contributed by atoms with van der Waals surface area (Å²) in [4.78, 5) is 20.1. The van der Waals surface area contributed by atoms with Gasteiger partial charge in [-0.3, -0.25) is 9.36 Å². The molecule has 0 amide bonds. The Morgan fingerprint density at radius 3 is 3.00 bits per heavy atom. The van der Waals surface area contributed by atoms with E-state index in [2.05, 4.69) is 12.6 Å². The van der Waals surface area contributed by atoms with Gasteiger partial charge in [0.15, 0.2) is 5.16 Å². The maximum absolute atomic E-state index is 13.1. The van der Waals surface area contributed by atoms with Crippen LogP contribution in [-0.2, 0) is 19.4 Å². The predicted molar refractivity (Wildman–Crippen MR) is 101 cm³/mol. The number of fused-ring (bicyclic) bond motifs is 3. The SMILES string of the molecule is C=CCn1c(SCCCC#N)nc2sc3c(c2c1=O)CCCCC3. The zero-order valence-electron chi connectivity index (χ0n) is 13.7. The van der Waals surface area contributed by atoms with E-state index in [0.717, 1.165) is 46.8 Å². The van der Waals surface area contributed by atoms with Crippen LogP contribution < -0.4 is 5.56 Å². The Morgan fingerprint density at radius 1 is 1.38 bits per heavy atom. The summed E-state index contributed by atoms with van der Waals surface area (Å²) in [7, 11) is 0. The fraction of sp³-hybridized carbons (Fsp3) is 0.500. The van der Waals surface area contributed by atoms with Crippen molar-refractivity contribution in [1.82, 2.24) is 9.55 Å². The van der Waals surface area contributed by atoms with Gasteiger partial charge in [0.2, 0.25) is 0 Å². The molecule has 2 aromatic rings. The van der Waals surface area contributed by atoms with Gasteiger partial charge in [-0.15, -0.1) is 17.9 Å². The van der Waals surface area contributed by atoms with Crippen LogP contribution in [0.4, 0.5) is 0 Å². The number of hydrogen-bond donors (Lipinski definition) is 0. The second-order valence-electron chi connectivity index (χ2n) is 5.95. The van der Waals surface area contributed by atoms with Gasteiger partial charge in [0.25, 0.3) is 5.56 Å². The normalized spacial score (nSPS) is 14.1. The summed E-state index contributed by atoms with van der Waals surface area (Å²) >= 11 is 3.26. The number of aromatic nitrogens is 2. The molecule has 0 N–H and O–H groups in total. The first-order chi connectivity index (χ1) is 11.8.